The molecular formula is C19H15FN4O2. The van der Waals surface area contributed by atoms with Gasteiger partial charge in [-0.15, -0.1) is 0 Å². The molecular weight excluding hydrogens is 335 g/mol. The highest BCUT2D eigenvalue weighted by molar-refractivity contribution is 5.95. The van der Waals surface area contributed by atoms with Gasteiger partial charge >= 0.3 is 11.7 Å². The van der Waals surface area contributed by atoms with Crippen LogP contribution in [0, 0.1) is 5.82 Å². The highest BCUT2D eigenvalue weighted by Crippen LogP contribution is 2.22. The molecule has 0 N–H and O–H groups in total. The fourth-order valence-corrected chi connectivity index (χ4v) is 2.87. The summed E-state index contributed by atoms with van der Waals surface area (Å²) in [5.74, 6) is -0.0110. The van der Waals surface area contributed by atoms with Crippen molar-refractivity contribution in [2.24, 2.45) is 0 Å². The molecule has 0 aliphatic carbocycles. The molecule has 6 nitrogen and oxygen atoms in total. The van der Waals surface area contributed by atoms with E-state index in [1.54, 1.807) is 0 Å². The maximum atomic E-state index is 13.1. The van der Waals surface area contributed by atoms with Crippen LogP contribution in [0.3, 0.4) is 0 Å². The van der Waals surface area contributed by atoms with Crippen molar-refractivity contribution in [2.75, 3.05) is 4.90 Å². The fraction of sp³-hybridized carbons (Fsp3) is 0.105. The number of allylic oxidation sites excluding steroid dienone is 1. The number of hydrogen-bond acceptors (Lipinski definition) is 3. The molecule has 7 heteroatoms. The van der Waals surface area contributed by atoms with Gasteiger partial charge in [0.1, 0.15) is 5.82 Å². The van der Waals surface area contributed by atoms with E-state index in [9.17, 15) is 14.0 Å². The SMILES string of the molecule is O=C1N(c2ccc(F)cc2)Cc2nn(CC=Cc3ccccc3)c(=O)n21. The Labute approximate surface area is 148 Å². The Morgan fingerprint density at radius 3 is 2.46 bits per heavy atom. The van der Waals surface area contributed by atoms with Gasteiger partial charge in [-0.1, -0.05) is 42.5 Å². The van der Waals surface area contributed by atoms with Crippen LogP contribution in [0.2, 0.25) is 0 Å². The first-order valence-corrected chi connectivity index (χ1v) is 8.11. The summed E-state index contributed by atoms with van der Waals surface area (Å²) < 4.78 is 15.4. The fourth-order valence-electron chi connectivity index (χ4n) is 2.87. The van der Waals surface area contributed by atoms with E-state index in [1.165, 1.54) is 33.8 Å². The molecule has 1 aliphatic rings. The van der Waals surface area contributed by atoms with Gasteiger partial charge in [0, 0.05) is 5.69 Å². The summed E-state index contributed by atoms with van der Waals surface area (Å²) in [5, 5.41) is 4.24. The maximum Gasteiger partial charge on any atom is 0.354 e. The quantitative estimate of drug-likeness (QED) is 0.727. The molecule has 2 aromatic carbocycles. The van der Waals surface area contributed by atoms with Crippen LogP contribution >= 0.6 is 0 Å². The molecule has 0 spiro atoms. The monoisotopic (exact) mass is 350 g/mol. The van der Waals surface area contributed by atoms with Gasteiger partial charge in [-0.2, -0.15) is 9.67 Å². The van der Waals surface area contributed by atoms with Gasteiger partial charge in [-0.25, -0.2) is 18.7 Å². The lowest BCUT2D eigenvalue weighted by Crippen LogP contribution is -2.34. The first kappa shape index (κ1) is 16.0. The molecule has 0 saturated carbocycles. The van der Waals surface area contributed by atoms with E-state index in [4.69, 9.17) is 0 Å². The summed E-state index contributed by atoms with van der Waals surface area (Å²) in [6.45, 7) is 0.451. The zero-order chi connectivity index (χ0) is 18.1. The predicted octanol–water partition coefficient (Wildman–Crippen LogP) is 2.89. The van der Waals surface area contributed by atoms with Gasteiger partial charge in [0.25, 0.3) is 0 Å². The average molecular weight is 350 g/mol. The smallest absolute Gasteiger partial charge is 0.286 e. The van der Waals surface area contributed by atoms with Crippen molar-refractivity contribution in [2.45, 2.75) is 13.1 Å². The highest BCUT2D eigenvalue weighted by atomic mass is 19.1. The number of amides is 1. The van der Waals surface area contributed by atoms with E-state index >= 15 is 0 Å². The largest absolute Gasteiger partial charge is 0.354 e. The van der Waals surface area contributed by atoms with Gasteiger partial charge < -0.3 is 0 Å². The number of hydrogen-bond donors (Lipinski definition) is 0. The number of aromatic nitrogens is 3. The molecule has 1 aliphatic heterocycles. The van der Waals surface area contributed by atoms with Crippen LogP contribution in [-0.4, -0.2) is 20.4 Å². The first-order valence-electron chi connectivity index (χ1n) is 8.11. The zero-order valence-electron chi connectivity index (χ0n) is 13.7. The third kappa shape index (κ3) is 2.83. The Balaban J connectivity index is 1.54. The van der Waals surface area contributed by atoms with Gasteiger partial charge in [0.05, 0.1) is 13.1 Å². The van der Waals surface area contributed by atoms with E-state index in [1.807, 2.05) is 42.5 Å². The van der Waals surface area contributed by atoms with Crippen LogP contribution in [0.1, 0.15) is 11.4 Å². The molecule has 0 bridgehead atoms. The lowest BCUT2D eigenvalue weighted by Gasteiger charge is -2.14. The van der Waals surface area contributed by atoms with E-state index in [-0.39, 0.29) is 18.9 Å². The minimum Gasteiger partial charge on any atom is -0.286 e. The summed E-state index contributed by atoms with van der Waals surface area (Å²) in [6.07, 6.45) is 3.71. The number of carbonyl (C=O) groups excluding carboxylic acids is 1. The van der Waals surface area contributed by atoms with Crippen LogP contribution in [0.25, 0.3) is 6.08 Å². The van der Waals surface area contributed by atoms with E-state index in [2.05, 4.69) is 5.10 Å². The topological polar surface area (TPSA) is 60.1 Å². The van der Waals surface area contributed by atoms with Gasteiger partial charge in [0.15, 0.2) is 5.82 Å². The molecule has 4 rings (SSSR count). The Morgan fingerprint density at radius 2 is 1.77 bits per heavy atom. The second-order valence-corrected chi connectivity index (χ2v) is 5.87. The highest BCUT2D eigenvalue weighted by Gasteiger charge is 2.33. The Bertz CT molecular complexity index is 1040. The molecule has 0 saturated heterocycles. The molecule has 130 valence electrons. The average Bonchev–Trinajstić information content (AvgIpc) is 3.14. The molecule has 0 unspecified atom stereocenters. The number of fused-ring (bicyclic) bond motifs is 1. The molecule has 0 atom stereocenters. The molecule has 1 aromatic heterocycles. The van der Waals surface area contributed by atoms with Crippen LogP contribution in [0.4, 0.5) is 14.9 Å². The second kappa shape index (κ2) is 6.44. The van der Waals surface area contributed by atoms with Crippen molar-refractivity contribution in [1.82, 2.24) is 14.3 Å². The van der Waals surface area contributed by atoms with Gasteiger partial charge in [0.2, 0.25) is 0 Å². The first-order chi connectivity index (χ1) is 12.6. The minimum absolute atomic E-state index is 0.176. The van der Waals surface area contributed by atoms with Crippen LogP contribution in [0.5, 0.6) is 0 Å². The molecule has 0 radical (unpaired) electrons. The lowest BCUT2D eigenvalue weighted by molar-refractivity contribution is 0.250. The van der Waals surface area contributed by atoms with Crippen LogP contribution in [0.15, 0.2) is 65.5 Å². The molecule has 0 fully saturated rings. The van der Waals surface area contributed by atoms with Gasteiger partial charge in [-0.05, 0) is 29.8 Å². The number of halogens is 1. The third-order valence-electron chi connectivity index (χ3n) is 4.15. The summed E-state index contributed by atoms with van der Waals surface area (Å²) in [4.78, 5) is 26.4. The molecule has 26 heavy (non-hydrogen) atoms. The minimum atomic E-state index is -0.479. The summed E-state index contributed by atoms with van der Waals surface area (Å²) in [7, 11) is 0. The Kier molecular flexibility index (Phi) is 3.96. The third-order valence-corrected chi connectivity index (χ3v) is 4.15. The summed E-state index contributed by atoms with van der Waals surface area (Å²) >= 11 is 0. The van der Waals surface area contributed by atoms with Crippen LogP contribution in [-0.2, 0) is 13.1 Å². The van der Waals surface area contributed by atoms with Crippen molar-refractivity contribution in [3.05, 3.63) is 88.4 Å². The molecule has 3 aromatic rings. The number of nitrogens with zero attached hydrogens (tertiary/aromatic N) is 4. The van der Waals surface area contributed by atoms with Crippen molar-refractivity contribution in [1.29, 1.82) is 0 Å². The van der Waals surface area contributed by atoms with Crippen molar-refractivity contribution >= 4 is 17.8 Å². The summed E-state index contributed by atoms with van der Waals surface area (Å²) in [5.41, 5.74) is 1.06. The normalized spacial score (nSPS) is 13.6. The van der Waals surface area contributed by atoms with Crippen molar-refractivity contribution < 1.29 is 9.18 Å². The maximum absolute atomic E-state index is 13.1. The van der Waals surface area contributed by atoms with Crippen LogP contribution < -0.4 is 10.6 Å². The van der Waals surface area contributed by atoms with E-state index in [0.717, 1.165) is 10.1 Å². The summed E-state index contributed by atoms with van der Waals surface area (Å²) in [6, 6.07) is 14.8. The Morgan fingerprint density at radius 1 is 1.04 bits per heavy atom. The lowest BCUT2D eigenvalue weighted by atomic mass is 10.2. The van der Waals surface area contributed by atoms with E-state index in [0.29, 0.717) is 11.5 Å². The number of rotatable bonds is 4. The number of anilines is 1. The standard InChI is InChI=1S/C19H15FN4O2/c20-15-8-10-16(11-9-15)22-13-17-21-23(19(26)24(17)18(22)25)12-4-7-14-5-2-1-3-6-14/h1-11H,12-13H2. The number of carbonyl (C=O) groups is 1. The van der Waals surface area contributed by atoms with Gasteiger partial charge in [-0.3, -0.25) is 4.90 Å². The predicted molar refractivity (Wildman–Crippen MR) is 95.3 cm³/mol. The Hall–Kier alpha value is -3.48. The number of benzene rings is 2. The second-order valence-electron chi connectivity index (χ2n) is 5.87. The van der Waals surface area contributed by atoms with Crippen molar-refractivity contribution in [3.63, 3.8) is 0 Å². The molecule has 1 amide bonds. The zero-order valence-corrected chi connectivity index (χ0v) is 13.7. The van der Waals surface area contributed by atoms with E-state index < -0.39 is 11.7 Å². The molecule has 2 heterocycles. The van der Waals surface area contributed by atoms with Crippen molar-refractivity contribution in [3.8, 4) is 0 Å².